The first kappa shape index (κ1) is 24.2. The topological polar surface area (TPSA) is 90.5 Å². The number of benzene rings is 1. The molecule has 1 aliphatic rings. The number of hydrogen-bond acceptors (Lipinski definition) is 4. The van der Waals surface area contributed by atoms with Crippen molar-refractivity contribution in [1.82, 2.24) is 15.5 Å². The van der Waals surface area contributed by atoms with Gasteiger partial charge in [0, 0.05) is 43.3 Å². The van der Waals surface area contributed by atoms with Crippen molar-refractivity contribution in [2.24, 2.45) is 5.92 Å². The summed E-state index contributed by atoms with van der Waals surface area (Å²) in [7, 11) is 0. The second kappa shape index (κ2) is 13.2. The molecule has 30 heavy (non-hydrogen) atoms. The lowest BCUT2D eigenvalue weighted by Crippen LogP contribution is -2.44. The van der Waals surface area contributed by atoms with E-state index in [1.807, 2.05) is 0 Å². The lowest BCUT2D eigenvalue weighted by Gasteiger charge is -2.32. The minimum Gasteiger partial charge on any atom is -0.358 e. The van der Waals surface area contributed by atoms with Gasteiger partial charge < -0.3 is 20.9 Å². The number of carbonyl (C=O) groups is 3. The zero-order valence-electron chi connectivity index (χ0n) is 17.7. The summed E-state index contributed by atoms with van der Waals surface area (Å²) in [6.45, 7) is 4.96. The zero-order chi connectivity index (χ0) is 21.8. The maximum atomic E-state index is 12.6. The molecule has 3 N–H and O–H groups in total. The summed E-state index contributed by atoms with van der Waals surface area (Å²) in [6.07, 6.45) is 6.40. The van der Waals surface area contributed by atoms with Crippen LogP contribution in [-0.4, -0.2) is 55.3 Å². The highest BCUT2D eigenvalue weighted by Crippen LogP contribution is 2.18. The molecule has 0 saturated carbocycles. The first-order valence-electron chi connectivity index (χ1n) is 10.7. The van der Waals surface area contributed by atoms with Crippen LogP contribution in [0, 0.1) is 5.92 Å². The standard InChI is InChI=1S/C22H33ClN4O3/c1-17(29)25-20-9-12-27(13-10-20)11-4-2-3-6-18(15-24-16-28)22(30)26-21-8-5-7-19(23)14-21/h5,7-8,14,16,18,20H,2-4,6,9-13,15H2,1H3,(H,24,28)(H,25,29)(H,26,30). The highest BCUT2D eigenvalue weighted by Gasteiger charge is 2.20. The Hall–Kier alpha value is -2.12. The summed E-state index contributed by atoms with van der Waals surface area (Å²) >= 11 is 5.97. The predicted molar refractivity (Wildman–Crippen MR) is 119 cm³/mol. The van der Waals surface area contributed by atoms with Crippen molar-refractivity contribution < 1.29 is 14.4 Å². The van der Waals surface area contributed by atoms with Crippen molar-refractivity contribution in [3.05, 3.63) is 29.3 Å². The van der Waals surface area contributed by atoms with Crippen LogP contribution in [0.15, 0.2) is 24.3 Å². The number of halogens is 1. The average Bonchev–Trinajstić information content (AvgIpc) is 2.70. The fourth-order valence-corrected chi connectivity index (χ4v) is 4.01. The third-order valence-corrected chi connectivity index (χ3v) is 5.67. The van der Waals surface area contributed by atoms with Crippen molar-refractivity contribution in [2.75, 3.05) is 31.5 Å². The van der Waals surface area contributed by atoms with Gasteiger partial charge in [0.15, 0.2) is 0 Å². The molecule has 1 fully saturated rings. The van der Waals surface area contributed by atoms with E-state index in [1.165, 1.54) is 0 Å². The normalized spacial score (nSPS) is 15.9. The molecule has 0 bridgehead atoms. The van der Waals surface area contributed by atoms with Crippen molar-refractivity contribution in [1.29, 1.82) is 0 Å². The van der Waals surface area contributed by atoms with Crippen LogP contribution in [0.1, 0.15) is 45.4 Å². The molecule has 0 radical (unpaired) electrons. The molecule has 8 heteroatoms. The van der Waals surface area contributed by atoms with Crippen LogP contribution in [0.25, 0.3) is 0 Å². The van der Waals surface area contributed by atoms with Crippen LogP contribution >= 0.6 is 11.6 Å². The second-order valence-electron chi connectivity index (χ2n) is 7.89. The van der Waals surface area contributed by atoms with E-state index in [9.17, 15) is 14.4 Å². The van der Waals surface area contributed by atoms with Gasteiger partial charge in [-0.15, -0.1) is 0 Å². The Morgan fingerprint density at radius 2 is 2.00 bits per heavy atom. The zero-order valence-corrected chi connectivity index (χ0v) is 18.4. The molecule has 1 aliphatic heterocycles. The fourth-order valence-electron chi connectivity index (χ4n) is 3.82. The molecule has 0 spiro atoms. The van der Waals surface area contributed by atoms with Gasteiger partial charge in [-0.1, -0.05) is 30.5 Å². The summed E-state index contributed by atoms with van der Waals surface area (Å²) in [5.41, 5.74) is 0.659. The Labute approximate surface area is 183 Å². The van der Waals surface area contributed by atoms with E-state index in [1.54, 1.807) is 31.2 Å². The lowest BCUT2D eigenvalue weighted by atomic mass is 9.99. The van der Waals surface area contributed by atoms with Gasteiger partial charge in [-0.05, 0) is 50.4 Å². The first-order valence-corrected chi connectivity index (χ1v) is 11.1. The molecule has 0 aromatic heterocycles. The van der Waals surface area contributed by atoms with Gasteiger partial charge in [0.2, 0.25) is 18.2 Å². The van der Waals surface area contributed by atoms with E-state index in [4.69, 9.17) is 11.6 Å². The summed E-state index contributed by atoms with van der Waals surface area (Å²) in [5.74, 6) is -0.333. The molecule has 2 rings (SSSR count). The van der Waals surface area contributed by atoms with Crippen LogP contribution in [-0.2, 0) is 14.4 Å². The number of amides is 3. The van der Waals surface area contributed by atoms with Crippen molar-refractivity contribution in [3.63, 3.8) is 0 Å². The third kappa shape index (κ3) is 9.13. The number of hydrogen-bond donors (Lipinski definition) is 3. The predicted octanol–water partition coefficient (Wildman–Crippen LogP) is 2.80. The SMILES string of the molecule is CC(=O)NC1CCN(CCCCCC(CNC=O)C(=O)Nc2cccc(Cl)c2)CC1. The number of anilines is 1. The summed E-state index contributed by atoms with van der Waals surface area (Å²) < 4.78 is 0. The molecule has 1 aromatic carbocycles. The number of carbonyl (C=O) groups excluding carboxylic acids is 3. The molecule has 1 saturated heterocycles. The van der Waals surface area contributed by atoms with Crippen LogP contribution in [0.4, 0.5) is 5.69 Å². The number of nitrogens with zero attached hydrogens (tertiary/aromatic N) is 1. The van der Waals surface area contributed by atoms with Crippen LogP contribution in [0.5, 0.6) is 0 Å². The number of rotatable bonds is 12. The fraction of sp³-hybridized carbons (Fsp3) is 0.591. The first-order chi connectivity index (χ1) is 14.5. The highest BCUT2D eigenvalue weighted by molar-refractivity contribution is 6.30. The van der Waals surface area contributed by atoms with Crippen molar-refractivity contribution in [2.45, 2.75) is 51.5 Å². The monoisotopic (exact) mass is 436 g/mol. The molecule has 0 aliphatic carbocycles. The Balaban J connectivity index is 1.67. The number of nitrogens with one attached hydrogen (secondary N) is 3. The van der Waals surface area contributed by atoms with Crippen LogP contribution in [0.3, 0.4) is 0 Å². The largest absolute Gasteiger partial charge is 0.358 e. The lowest BCUT2D eigenvalue weighted by molar-refractivity contribution is -0.121. The van der Waals surface area contributed by atoms with Gasteiger partial charge in [-0.2, -0.15) is 0 Å². The van der Waals surface area contributed by atoms with E-state index in [2.05, 4.69) is 20.9 Å². The Morgan fingerprint density at radius 1 is 1.23 bits per heavy atom. The van der Waals surface area contributed by atoms with Crippen molar-refractivity contribution >= 4 is 35.5 Å². The molecule has 1 heterocycles. The maximum Gasteiger partial charge on any atom is 0.229 e. The number of unbranched alkanes of at least 4 members (excludes halogenated alkanes) is 2. The molecular formula is C22H33ClN4O3. The van der Waals surface area contributed by atoms with E-state index in [-0.39, 0.29) is 17.7 Å². The number of likely N-dealkylation sites (tertiary alicyclic amines) is 1. The Morgan fingerprint density at radius 3 is 2.67 bits per heavy atom. The maximum absolute atomic E-state index is 12.6. The van der Waals surface area contributed by atoms with Gasteiger partial charge >= 0.3 is 0 Å². The molecule has 1 unspecified atom stereocenters. The minimum absolute atomic E-state index is 0.0477. The Kier molecular flexibility index (Phi) is 10.7. The van der Waals surface area contributed by atoms with E-state index >= 15 is 0 Å². The average molecular weight is 437 g/mol. The molecule has 1 atom stereocenters. The smallest absolute Gasteiger partial charge is 0.229 e. The molecule has 7 nitrogen and oxygen atoms in total. The minimum atomic E-state index is -0.275. The van der Waals surface area contributed by atoms with Gasteiger partial charge in [-0.25, -0.2) is 0 Å². The second-order valence-corrected chi connectivity index (χ2v) is 8.32. The summed E-state index contributed by atoms with van der Waals surface area (Å²) in [5, 5.41) is 9.08. The quantitative estimate of drug-likeness (QED) is 0.347. The van der Waals surface area contributed by atoms with Gasteiger partial charge in [-0.3, -0.25) is 14.4 Å². The molecule has 166 valence electrons. The highest BCUT2D eigenvalue weighted by atomic mass is 35.5. The van der Waals surface area contributed by atoms with Gasteiger partial charge in [0.05, 0.1) is 5.92 Å². The van der Waals surface area contributed by atoms with Gasteiger partial charge in [0.1, 0.15) is 0 Å². The molecular weight excluding hydrogens is 404 g/mol. The van der Waals surface area contributed by atoms with Crippen molar-refractivity contribution in [3.8, 4) is 0 Å². The van der Waals surface area contributed by atoms with E-state index in [0.29, 0.717) is 29.7 Å². The van der Waals surface area contributed by atoms with Crippen LogP contribution in [0.2, 0.25) is 5.02 Å². The molecule has 1 aromatic rings. The molecule has 3 amide bonds. The Bertz CT molecular complexity index is 693. The summed E-state index contributed by atoms with van der Waals surface area (Å²) in [6, 6.07) is 7.35. The summed E-state index contributed by atoms with van der Waals surface area (Å²) in [4.78, 5) is 36.9. The van der Waals surface area contributed by atoms with Gasteiger partial charge in [0.25, 0.3) is 0 Å². The third-order valence-electron chi connectivity index (χ3n) is 5.43. The number of piperidine rings is 1. The van der Waals surface area contributed by atoms with E-state index in [0.717, 1.165) is 58.2 Å². The van der Waals surface area contributed by atoms with E-state index < -0.39 is 0 Å². The van der Waals surface area contributed by atoms with Crippen LogP contribution < -0.4 is 16.0 Å².